The second-order valence-corrected chi connectivity index (χ2v) is 9.15. The smallest absolute Gasteiger partial charge is 0.407 e. The number of carbonyl (C=O) groups excluding carboxylic acids is 2. The molecule has 182 valence electrons. The van der Waals surface area contributed by atoms with Gasteiger partial charge in [-0.3, -0.25) is 4.79 Å². The first-order valence-corrected chi connectivity index (χ1v) is 12.0. The highest BCUT2D eigenvalue weighted by Crippen LogP contribution is 2.44. The minimum absolute atomic E-state index is 0.0296. The van der Waals surface area contributed by atoms with Crippen molar-refractivity contribution >= 4 is 18.0 Å². The van der Waals surface area contributed by atoms with Crippen LogP contribution in [0.25, 0.3) is 11.1 Å². The van der Waals surface area contributed by atoms with Gasteiger partial charge in [0, 0.05) is 18.9 Å². The summed E-state index contributed by atoms with van der Waals surface area (Å²) in [6, 6.07) is 15.6. The summed E-state index contributed by atoms with van der Waals surface area (Å²) in [6.45, 7) is 4.59. The fraction of sp³-hybridized carbons (Fsp3) is 0.444. The molecule has 7 nitrogen and oxygen atoms in total. The number of alkyl carbamates (subject to hydrolysis) is 1. The van der Waals surface area contributed by atoms with Gasteiger partial charge in [-0.25, -0.2) is 9.59 Å². The maximum Gasteiger partial charge on any atom is 0.407 e. The summed E-state index contributed by atoms with van der Waals surface area (Å²) in [5, 5.41) is 14.6. The molecule has 0 saturated carbocycles. The van der Waals surface area contributed by atoms with E-state index >= 15 is 0 Å². The third-order valence-electron chi connectivity index (χ3n) is 6.03. The minimum Gasteiger partial charge on any atom is -0.480 e. The molecule has 0 spiro atoms. The molecule has 2 aromatic carbocycles. The predicted octanol–water partition coefficient (Wildman–Crippen LogP) is 4.70. The van der Waals surface area contributed by atoms with Crippen molar-refractivity contribution in [3.05, 3.63) is 59.7 Å². The van der Waals surface area contributed by atoms with Crippen LogP contribution in [0.4, 0.5) is 4.79 Å². The number of fused-ring (bicyclic) bond motifs is 3. The number of carboxylic acids is 1. The zero-order valence-electron chi connectivity index (χ0n) is 19.9. The van der Waals surface area contributed by atoms with Crippen molar-refractivity contribution in [1.82, 2.24) is 10.6 Å². The van der Waals surface area contributed by atoms with Crippen LogP contribution in [-0.2, 0) is 14.3 Å². The van der Waals surface area contributed by atoms with Crippen LogP contribution in [0.1, 0.15) is 63.0 Å². The first kappa shape index (κ1) is 25.3. The summed E-state index contributed by atoms with van der Waals surface area (Å²) in [5.74, 6) is -1.04. The van der Waals surface area contributed by atoms with Crippen molar-refractivity contribution < 1.29 is 24.2 Å². The topological polar surface area (TPSA) is 105 Å². The van der Waals surface area contributed by atoms with E-state index in [1.165, 1.54) is 22.3 Å². The Morgan fingerprint density at radius 1 is 0.941 bits per heavy atom. The van der Waals surface area contributed by atoms with Gasteiger partial charge >= 0.3 is 12.1 Å². The number of rotatable bonds is 12. The number of hydrogen-bond acceptors (Lipinski definition) is 4. The molecule has 3 N–H and O–H groups in total. The average molecular weight is 467 g/mol. The van der Waals surface area contributed by atoms with Crippen molar-refractivity contribution in [2.45, 2.75) is 57.9 Å². The van der Waals surface area contributed by atoms with E-state index in [0.29, 0.717) is 25.8 Å². The SMILES string of the molecule is CC(C)C[C@H](NC(=O)CCCCCNC(=O)OCC1c2ccccc2-c2ccccc21)C(=O)O. The van der Waals surface area contributed by atoms with Crippen LogP contribution in [-0.4, -0.2) is 42.3 Å². The molecule has 0 radical (unpaired) electrons. The summed E-state index contributed by atoms with van der Waals surface area (Å²) in [4.78, 5) is 35.4. The number of carboxylic acid groups (broad SMARTS) is 1. The van der Waals surface area contributed by atoms with Crippen molar-refractivity contribution in [3.63, 3.8) is 0 Å². The highest BCUT2D eigenvalue weighted by atomic mass is 16.5. The van der Waals surface area contributed by atoms with Crippen LogP contribution in [0.15, 0.2) is 48.5 Å². The summed E-state index contributed by atoms with van der Waals surface area (Å²) >= 11 is 0. The van der Waals surface area contributed by atoms with E-state index in [9.17, 15) is 19.5 Å². The van der Waals surface area contributed by atoms with Gasteiger partial charge < -0.3 is 20.5 Å². The summed E-state index contributed by atoms with van der Waals surface area (Å²) in [6.07, 6.45) is 2.33. The molecule has 0 heterocycles. The van der Waals surface area contributed by atoms with Gasteiger partial charge in [0.1, 0.15) is 12.6 Å². The van der Waals surface area contributed by atoms with Crippen molar-refractivity contribution in [3.8, 4) is 11.1 Å². The average Bonchev–Trinajstić information content (AvgIpc) is 3.13. The second kappa shape index (κ2) is 12.2. The first-order chi connectivity index (χ1) is 16.4. The van der Waals surface area contributed by atoms with E-state index in [4.69, 9.17) is 4.74 Å². The molecule has 0 unspecified atom stereocenters. The third-order valence-corrected chi connectivity index (χ3v) is 6.03. The minimum atomic E-state index is -1.01. The molecule has 7 heteroatoms. The lowest BCUT2D eigenvalue weighted by atomic mass is 9.98. The number of aliphatic carboxylic acids is 1. The van der Waals surface area contributed by atoms with Gasteiger partial charge in [-0.2, -0.15) is 0 Å². The molecule has 1 atom stereocenters. The Morgan fingerprint density at radius 2 is 1.56 bits per heavy atom. The maximum absolute atomic E-state index is 12.2. The number of hydrogen-bond donors (Lipinski definition) is 3. The van der Waals surface area contributed by atoms with Crippen molar-refractivity contribution in [1.29, 1.82) is 0 Å². The lowest BCUT2D eigenvalue weighted by Crippen LogP contribution is -2.41. The van der Waals surface area contributed by atoms with Crippen LogP contribution in [0.5, 0.6) is 0 Å². The number of benzene rings is 2. The van der Waals surface area contributed by atoms with E-state index in [2.05, 4.69) is 34.9 Å². The van der Waals surface area contributed by atoms with E-state index in [1.807, 2.05) is 38.1 Å². The largest absolute Gasteiger partial charge is 0.480 e. The Bertz CT molecular complexity index is 959. The van der Waals surface area contributed by atoms with Crippen LogP contribution in [0.3, 0.4) is 0 Å². The van der Waals surface area contributed by atoms with E-state index in [1.54, 1.807) is 0 Å². The summed E-state index contributed by atoms with van der Waals surface area (Å²) in [5.41, 5.74) is 4.73. The normalized spacial score (nSPS) is 13.1. The Balaban J connectivity index is 1.33. The van der Waals surface area contributed by atoms with Crippen LogP contribution in [0.2, 0.25) is 0 Å². The predicted molar refractivity (Wildman–Crippen MR) is 131 cm³/mol. The fourth-order valence-corrected chi connectivity index (χ4v) is 4.39. The third kappa shape index (κ3) is 6.83. The van der Waals surface area contributed by atoms with E-state index in [0.717, 1.165) is 6.42 Å². The summed E-state index contributed by atoms with van der Waals surface area (Å²) in [7, 11) is 0. The Kier molecular flexibility index (Phi) is 9.08. The number of unbranched alkanes of at least 4 members (excludes halogenated alkanes) is 2. The molecule has 0 bridgehead atoms. The van der Waals surface area contributed by atoms with Gasteiger partial charge in [0.05, 0.1) is 0 Å². The molecular weight excluding hydrogens is 432 g/mol. The number of ether oxygens (including phenoxy) is 1. The zero-order chi connectivity index (χ0) is 24.5. The van der Waals surface area contributed by atoms with Crippen LogP contribution >= 0.6 is 0 Å². The monoisotopic (exact) mass is 466 g/mol. The number of carbonyl (C=O) groups is 3. The second-order valence-electron chi connectivity index (χ2n) is 9.15. The number of nitrogens with one attached hydrogen (secondary N) is 2. The molecule has 2 amide bonds. The van der Waals surface area contributed by atoms with Crippen LogP contribution in [0, 0.1) is 5.92 Å². The van der Waals surface area contributed by atoms with Crippen molar-refractivity contribution in [2.75, 3.05) is 13.2 Å². The fourth-order valence-electron chi connectivity index (χ4n) is 4.39. The molecule has 2 aromatic rings. The molecule has 0 aromatic heterocycles. The van der Waals surface area contributed by atoms with Gasteiger partial charge in [0.2, 0.25) is 5.91 Å². The van der Waals surface area contributed by atoms with Gasteiger partial charge in [-0.15, -0.1) is 0 Å². The molecular formula is C27H34N2O5. The number of amides is 2. The Morgan fingerprint density at radius 3 is 2.15 bits per heavy atom. The first-order valence-electron chi connectivity index (χ1n) is 12.0. The molecule has 1 aliphatic rings. The van der Waals surface area contributed by atoms with Crippen molar-refractivity contribution in [2.24, 2.45) is 5.92 Å². The van der Waals surface area contributed by atoms with Gasteiger partial charge in [-0.1, -0.05) is 68.8 Å². The Hall–Kier alpha value is -3.35. The van der Waals surface area contributed by atoms with Gasteiger partial charge in [0.25, 0.3) is 0 Å². The molecule has 1 aliphatic carbocycles. The van der Waals surface area contributed by atoms with Gasteiger partial charge in [-0.05, 0) is 47.4 Å². The molecule has 0 saturated heterocycles. The zero-order valence-corrected chi connectivity index (χ0v) is 19.9. The lowest BCUT2D eigenvalue weighted by Gasteiger charge is -2.16. The maximum atomic E-state index is 12.2. The van der Waals surface area contributed by atoms with E-state index < -0.39 is 18.1 Å². The molecule has 3 rings (SSSR count). The highest BCUT2D eigenvalue weighted by Gasteiger charge is 2.29. The quantitative estimate of drug-likeness (QED) is 0.393. The Labute approximate surface area is 200 Å². The van der Waals surface area contributed by atoms with Gasteiger partial charge in [0.15, 0.2) is 0 Å². The highest BCUT2D eigenvalue weighted by molar-refractivity contribution is 5.83. The molecule has 34 heavy (non-hydrogen) atoms. The van der Waals surface area contributed by atoms with Crippen LogP contribution < -0.4 is 10.6 Å². The lowest BCUT2D eigenvalue weighted by molar-refractivity contribution is -0.142. The summed E-state index contributed by atoms with van der Waals surface area (Å²) < 4.78 is 5.51. The molecule has 0 aliphatic heterocycles. The van der Waals surface area contributed by atoms with E-state index in [-0.39, 0.29) is 30.8 Å². The standard InChI is InChI=1S/C27H34N2O5/c1-18(2)16-24(26(31)32)29-25(30)14-4-3-9-15-28-27(33)34-17-23-21-12-7-5-10-19(21)20-11-6-8-13-22(20)23/h5-8,10-13,18,23-24H,3-4,9,14-17H2,1-2H3,(H,28,33)(H,29,30)(H,31,32)/t24-/m0/s1. The molecule has 0 fully saturated rings.